The van der Waals surface area contributed by atoms with E-state index in [0.29, 0.717) is 18.7 Å². The van der Waals surface area contributed by atoms with Gasteiger partial charge in [0.25, 0.3) is 5.91 Å². The average Bonchev–Trinajstić information content (AvgIpc) is 2.68. The molecule has 1 aromatic carbocycles. The number of nitrogens with zero attached hydrogens (tertiary/aromatic N) is 3. The molecule has 27 heavy (non-hydrogen) atoms. The van der Waals surface area contributed by atoms with Crippen molar-refractivity contribution < 1.29 is 9.59 Å². The van der Waals surface area contributed by atoms with Crippen molar-refractivity contribution in [1.29, 1.82) is 0 Å². The summed E-state index contributed by atoms with van der Waals surface area (Å²) in [6, 6.07) is 9.47. The molecule has 6 nitrogen and oxygen atoms in total. The average molecular weight is 431 g/mol. The van der Waals surface area contributed by atoms with Gasteiger partial charge >= 0.3 is 0 Å². The fourth-order valence-electron chi connectivity index (χ4n) is 2.99. The summed E-state index contributed by atoms with van der Waals surface area (Å²) in [6.45, 7) is 6.69. The van der Waals surface area contributed by atoms with Gasteiger partial charge in [-0.25, -0.2) is 4.98 Å². The fourth-order valence-corrected chi connectivity index (χ4v) is 3.23. The number of piperazine rings is 1. The highest BCUT2D eigenvalue weighted by molar-refractivity contribution is 9.10. The number of anilines is 1. The number of rotatable bonds is 4. The van der Waals surface area contributed by atoms with Gasteiger partial charge in [-0.2, -0.15) is 0 Å². The highest BCUT2D eigenvalue weighted by Crippen LogP contribution is 2.16. The van der Waals surface area contributed by atoms with Crippen LogP contribution in [0.3, 0.4) is 0 Å². The minimum absolute atomic E-state index is 0.0162. The van der Waals surface area contributed by atoms with Crippen molar-refractivity contribution in [2.24, 2.45) is 0 Å². The van der Waals surface area contributed by atoms with Crippen molar-refractivity contribution in [1.82, 2.24) is 15.2 Å². The smallest absolute Gasteiger partial charge is 0.251 e. The number of pyridine rings is 1. The van der Waals surface area contributed by atoms with E-state index in [0.717, 1.165) is 34.5 Å². The molecule has 0 spiro atoms. The summed E-state index contributed by atoms with van der Waals surface area (Å²) in [5.74, 6) is 0.632. The molecule has 1 aliphatic heterocycles. The lowest BCUT2D eigenvalue weighted by Crippen LogP contribution is -2.51. The molecule has 7 heteroatoms. The van der Waals surface area contributed by atoms with Crippen LogP contribution in [0.4, 0.5) is 5.82 Å². The van der Waals surface area contributed by atoms with Crippen LogP contribution in [0.1, 0.15) is 21.5 Å². The van der Waals surface area contributed by atoms with Crippen molar-refractivity contribution in [3.8, 4) is 0 Å². The Kier molecular flexibility index (Phi) is 6.11. The molecule has 2 aromatic rings. The molecule has 3 rings (SSSR count). The molecule has 1 aliphatic rings. The lowest BCUT2D eigenvalue weighted by atomic mass is 10.1. The van der Waals surface area contributed by atoms with Gasteiger partial charge in [-0.3, -0.25) is 9.59 Å². The molecule has 0 radical (unpaired) electrons. The molecule has 0 saturated carbocycles. The summed E-state index contributed by atoms with van der Waals surface area (Å²) in [5, 5.41) is 2.73. The van der Waals surface area contributed by atoms with Crippen LogP contribution >= 0.6 is 15.9 Å². The summed E-state index contributed by atoms with van der Waals surface area (Å²) < 4.78 is 0.944. The van der Waals surface area contributed by atoms with Gasteiger partial charge in [0.05, 0.1) is 6.54 Å². The molecule has 142 valence electrons. The van der Waals surface area contributed by atoms with Crippen LogP contribution in [0.15, 0.2) is 41.0 Å². The van der Waals surface area contributed by atoms with Crippen LogP contribution in [0.25, 0.3) is 0 Å². The molecular weight excluding hydrogens is 408 g/mol. The Morgan fingerprint density at radius 2 is 1.81 bits per heavy atom. The zero-order chi connectivity index (χ0) is 19.4. The second-order valence-corrected chi connectivity index (χ2v) is 7.60. The standard InChI is InChI=1S/C20H23BrN4O2/c1-14-3-4-16(11-15(14)2)20(27)23-13-19(26)25-9-7-24(8-10-25)18-6-5-17(21)12-22-18/h3-6,11-12H,7-10,13H2,1-2H3,(H,23,27). The highest BCUT2D eigenvalue weighted by Gasteiger charge is 2.22. The number of halogens is 1. The highest BCUT2D eigenvalue weighted by atomic mass is 79.9. The van der Waals surface area contributed by atoms with E-state index in [4.69, 9.17) is 0 Å². The third kappa shape index (κ3) is 4.86. The van der Waals surface area contributed by atoms with Gasteiger partial charge < -0.3 is 15.1 Å². The first-order chi connectivity index (χ1) is 12.9. The predicted octanol–water partition coefficient (Wildman–Crippen LogP) is 2.54. The molecule has 1 N–H and O–H groups in total. The fraction of sp³-hybridized carbons (Fsp3) is 0.350. The first kappa shape index (κ1) is 19.4. The number of carbonyl (C=O) groups is 2. The monoisotopic (exact) mass is 430 g/mol. The second kappa shape index (κ2) is 8.52. The van der Waals surface area contributed by atoms with Crippen molar-refractivity contribution in [3.63, 3.8) is 0 Å². The minimum Gasteiger partial charge on any atom is -0.353 e. The molecule has 2 heterocycles. The molecule has 1 fully saturated rings. The second-order valence-electron chi connectivity index (χ2n) is 6.68. The maximum Gasteiger partial charge on any atom is 0.251 e. The number of nitrogens with one attached hydrogen (secondary N) is 1. The normalized spacial score (nSPS) is 14.2. The Morgan fingerprint density at radius 3 is 2.44 bits per heavy atom. The summed E-state index contributed by atoms with van der Waals surface area (Å²) in [7, 11) is 0. The van der Waals surface area contributed by atoms with Gasteiger partial charge in [0, 0.05) is 42.4 Å². The maximum atomic E-state index is 12.4. The lowest BCUT2D eigenvalue weighted by Gasteiger charge is -2.35. The zero-order valence-corrected chi connectivity index (χ0v) is 17.1. The van der Waals surface area contributed by atoms with Crippen LogP contribution in [-0.4, -0.2) is 54.4 Å². The quantitative estimate of drug-likeness (QED) is 0.808. The lowest BCUT2D eigenvalue weighted by molar-refractivity contribution is -0.130. The van der Waals surface area contributed by atoms with Crippen LogP contribution in [-0.2, 0) is 4.79 Å². The Hall–Kier alpha value is -2.41. The number of hydrogen-bond acceptors (Lipinski definition) is 4. The van der Waals surface area contributed by atoms with E-state index in [1.54, 1.807) is 17.2 Å². The van der Waals surface area contributed by atoms with E-state index in [1.807, 2.05) is 38.1 Å². The number of carbonyl (C=O) groups excluding carboxylic acids is 2. The molecule has 1 saturated heterocycles. The summed E-state index contributed by atoms with van der Waals surface area (Å²) in [4.78, 5) is 33.0. The van der Waals surface area contributed by atoms with Gasteiger partial charge in [0.1, 0.15) is 5.82 Å². The van der Waals surface area contributed by atoms with Crippen LogP contribution < -0.4 is 10.2 Å². The number of hydrogen-bond donors (Lipinski definition) is 1. The predicted molar refractivity (Wildman–Crippen MR) is 109 cm³/mol. The molecule has 0 unspecified atom stereocenters. The Balaban J connectivity index is 1.48. The first-order valence-electron chi connectivity index (χ1n) is 8.94. The third-order valence-corrected chi connectivity index (χ3v) is 5.31. The Bertz CT molecular complexity index is 830. The number of benzene rings is 1. The van der Waals surface area contributed by atoms with E-state index in [2.05, 4.69) is 31.1 Å². The summed E-state index contributed by atoms with van der Waals surface area (Å²) in [5.41, 5.74) is 2.78. The number of amides is 2. The van der Waals surface area contributed by atoms with E-state index < -0.39 is 0 Å². The van der Waals surface area contributed by atoms with E-state index >= 15 is 0 Å². The Labute approximate surface area is 167 Å². The van der Waals surface area contributed by atoms with Crippen LogP contribution in [0.5, 0.6) is 0 Å². The first-order valence-corrected chi connectivity index (χ1v) is 9.73. The van der Waals surface area contributed by atoms with Crippen molar-refractivity contribution in [2.75, 3.05) is 37.6 Å². The van der Waals surface area contributed by atoms with E-state index in [1.165, 1.54) is 0 Å². The summed E-state index contributed by atoms with van der Waals surface area (Å²) in [6.07, 6.45) is 1.77. The minimum atomic E-state index is -0.218. The van der Waals surface area contributed by atoms with Gasteiger partial charge in [-0.15, -0.1) is 0 Å². The molecule has 2 amide bonds. The molecule has 0 atom stereocenters. The zero-order valence-electron chi connectivity index (χ0n) is 15.5. The van der Waals surface area contributed by atoms with E-state index in [9.17, 15) is 9.59 Å². The Morgan fingerprint density at radius 1 is 1.07 bits per heavy atom. The molecular formula is C20H23BrN4O2. The maximum absolute atomic E-state index is 12.4. The SMILES string of the molecule is Cc1ccc(C(=O)NCC(=O)N2CCN(c3ccc(Br)cn3)CC2)cc1C. The molecule has 1 aromatic heterocycles. The van der Waals surface area contributed by atoms with Crippen molar-refractivity contribution in [2.45, 2.75) is 13.8 Å². The third-order valence-electron chi connectivity index (χ3n) is 4.84. The van der Waals surface area contributed by atoms with Gasteiger partial charge in [-0.1, -0.05) is 6.07 Å². The van der Waals surface area contributed by atoms with Gasteiger partial charge in [0.2, 0.25) is 5.91 Å². The number of aryl methyl sites for hydroxylation is 2. The topological polar surface area (TPSA) is 65.5 Å². The van der Waals surface area contributed by atoms with E-state index in [-0.39, 0.29) is 18.4 Å². The van der Waals surface area contributed by atoms with Gasteiger partial charge in [-0.05, 0) is 65.2 Å². The largest absolute Gasteiger partial charge is 0.353 e. The molecule has 0 bridgehead atoms. The van der Waals surface area contributed by atoms with Crippen LogP contribution in [0, 0.1) is 13.8 Å². The van der Waals surface area contributed by atoms with Crippen molar-refractivity contribution in [3.05, 3.63) is 57.7 Å². The van der Waals surface area contributed by atoms with Gasteiger partial charge in [0.15, 0.2) is 0 Å². The van der Waals surface area contributed by atoms with Crippen molar-refractivity contribution >= 4 is 33.6 Å². The van der Waals surface area contributed by atoms with Crippen LogP contribution in [0.2, 0.25) is 0 Å². The molecule has 0 aliphatic carbocycles. The number of aromatic nitrogens is 1. The summed E-state index contributed by atoms with van der Waals surface area (Å²) >= 11 is 3.38.